The van der Waals surface area contributed by atoms with Crippen LogP contribution < -0.4 is 21.2 Å². The molecular weight excluding hydrogens is 723 g/mol. The number of hydrogen-bond acceptors (Lipinski definition) is 9. The number of aryl methyl sites for hydroxylation is 1. The Labute approximate surface area is 332 Å². The van der Waals surface area contributed by atoms with Gasteiger partial charge in [-0.25, -0.2) is 14.1 Å². The lowest BCUT2D eigenvalue weighted by atomic mass is 9.88. The largest absolute Gasteiger partial charge is 0.329 e. The van der Waals surface area contributed by atoms with Crippen LogP contribution in [0.1, 0.15) is 94.2 Å². The lowest BCUT2D eigenvalue weighted by molar-refractivity contribution is -0.124. The Morgan fingerprint density at radius 2 is 1.82 bits per heavy atom. The van der Waals surface area contributed by atoms with Crippen LogP contribution in [0.4, 0.5) is 17.5 Å². The minimum Gasteiger partial charge on any atom is -0.329 e. The maximum Gasteiger partial charge on any atom is 0.329 e. The first-order valence-electron chi connectivity index (χ1n) is 20.5. The third kappa shape index (κ3) is 6.64. The lowest BCUT2D eigenvalue weighted by Gasteiger charge is -2.33. The number of carbonyl (C=O) groups is 2. The summed E-state index contributed by atoms with van der Waals surface area (Å²) in [5.74, 6) is 2.29. The van der Waals surface area contributed by atoms with Gasteiger partial charge in [-0.05, 0) is 144 Å². The maximum atomic E-state index is 13.6. The zero-order chi connectivity index (χ0) is 38.7. The first kappa shape index (κ1) is 37.1. The number of hydrogen-bond donors (Lipinski definition) is 2. The van der Waals surface area contributed by atoms with E-state index in [1.165, 1.54) is 10.5 Å². The number of benzene rings is 2. The van der Waals surface area contributed by atoms with E-state index in [9.17, 15) is 14.4 Å². The number of nitrogens with one attached hydrogen (secondary N) is 2. The number of allylic oxidation sites excluding steroid dienone is 1. The standard InChI is InChI=1S/C43H53N9O3S/c1-27-8-5-10-34(27)52-38-33(43(20-21-43)40(52)54)26-44-41(47-38)46-30-13-15-31(16-14-30)56-48(3)22-7-23-50-24-18-29(19-25-50)32-9-6-11-35-37(32)49(4)42(55)51(35)36-17-12-28(2)45-39(36)53/h6,9,11,13-16,26-27,29,34,36H,2,5,7-8,10,12,17-25H2,1,3-4H3,(H,45,53)(H,44,46,47). The van der Waals surface area contributed by atoms with Crippen molar-refractivity contribution in [2.24, 2.45) is 13.0 Å². The summed E-state index contributed by atoms with van der Waals surface area (Å²) in [5.41, 5.74) is 5.15. The quantitative estimate of drug-likeness (QED) is 0.162. The summed E-state index contributed by atoms with van der Waals surface area (Å²) in [6.07, 6.45) is 11.5. The fourth-order valence-electron chi connectivity index (χ4n) is 9.87. The Hall–Kier alpha value is -4.46. The van der Waals surface area contributed by atoms with Crippen molar-refractivity contribution in [2.45, 2.75) is 99.4 Å². The average molecular weight is 776 g/mol. The summed E-state index contributed by atoms with van der Waals surface area (Å²) >= 11 is 1.75. The van der Waals surface area contributed by atoms with Gasteiger partial charge in [0.15, 0.2) is 0 Å². The Morgan fingerprint density at radius 3 is 2.54 bits per heavy atom. The zero-order valence-corrected chi connectivity index (χ0v) is 33.6. The summed E-state index contributed by atoms with van der Waals surface area (Å²) in [5, 5.41) is 6.24. The minimum atomic E-state index is -0.515. The molecule has 5 heterocycles. The fourth-order valence-corrected chi connectivity index (χ4v) is 10.7. The van der Waals surface area contributed by atoms with Crippen LogP contribution in [0.3, 0.4) is 0 Å². The molecule has 2 saturated carbocycles. The van der Waals surface area contributed by atoms with Crippen LogP contribution in [-0.2, 0) is 22.1 Å². The highest BCUT2D eigenvalue weighted by atomic mass is 32.2. The number of aromatic nitrogens is 4. The van der Waals surface area contributed by atoms with Gasteiger partial charge in [-0.1, -0.05) is 32.1 Å². The molecule has 12 nitrogen and oxygen atoms in total. The number of para-hydroxylation sites is 1. The number of likely N-dealkylation sites (tertiary alicyclic amines) is 1. The Kier molecular flexibility index (Phi) is 9.82. The normalized spacial score (nSPS) is 23.8. The third-order valence-electron chi connectivity index (χ3n) is 13.2. The Balaban J connectivity index is 0.760. The van der Waals surface area contributed by atoms with Gasteiger partial charge >= 0.3 is 5.69 Å². The van der Waals surface area contributed by atoms with E-state index in [1.54, 1.807) is 21.1 Å². The van der Waals surface area contributed by atoms with Crippen molar-refractivity contribution in [3.05, 3.63) is 82.5 Å². The van der Waals surface area contributed by atoms with Gasteiger partial charge in [0.25, 0.3) is 0 Å². The molecule has 2 aromatic heterocycles. The molecule has 3 aliphatic heterocycles. The van der Waals surface area contributed by atoms with Crippen LogP contribution >= 0.6 is 11.9 Å². The Morgan fingerprint density at radius 1 is 1.04 bits per heavy atom. The number of rotatable bonds is 11. The van der Waals surface area contributed by atoms with E-state index in [0.717, 1.165) is 106 Å². The first-order chi connectivity index (χ1) is 27.1. The maximum absolute atomic E-state index is 13.6. The predicted molar refractivity (Wildman–Crippen MR) is 221 cm³/mol. The number of anilines is 3. The topological polar surface area (TPSA) is 121 Å². The Bertz CT molecular complexity index is 2240. The molecule has 2 amide bonds. The molecule has 3 atom stereocenters. The van der Waals surface area contributed by atoms with E-state index in [1.807, 2.05) is 30.3 Å². The summed E-state index contributed by atoms with van der Waals surface area (Å²) < 4.78 is 5.73. The molecule has 2 aliphatic carbocycles. The van der Waals surface area contributed by atoms with Crippen LogP contribution in [-0.4, -0.2) is 79.4 Å². The van der Waals surface area contributed by atoms with Crippen LogP contribution in [0.2, 0.25) is 0 Å². The molecule has 1 spiro atoms. The third-order valence-corrected chi connectivity index (χ3v) is 14.1. The highest BCUT2D eigenvalue weighted by molar-refractivity contribution is 7.97. The highest BCUT2D eigenvalue weighted by Crippen LogP contribution is 2.58. The summed E-state index contributed by atoms with van der Waals surface area (Å²) in [7, 11) is 3.98. The molecule has 3 unspecified atom stereocenters. The van der Waals surface area contributed by atoms with Gasteiger partial charge < -0.3 is 15.5 Å². The molecule has 13 heteroatoms. The number of amides is 2. The molecule has 0 bridgehead atoms. The molecule has 5 aliphatic rings. The van der Waals surface area contributed by atoms with E-state index >= 15 is 0 Å². The molecule has 4 aromatic rings. The second-order valence-corrected chi connectivity index (χ2v) is 18.1. The van der Waals surface area contributed by atoms with Crippen molar-refractivity contribution in [1.29, 1.82) is 0 Å². The van der Waals surface area contributed by atoms with Gasteiger partial charge in [-0.3, -0.25) is 23.6 Å². The van der Waals surface area contributed by atoms with Crippen LogP contribution in [0.25, 0.3) is 11.0 Å². The summed E-state index contributed by atoms with van der Waals surface area (Å²) in [4.78, 5) is 55.3. The molecule has 0 radical (unpaired) electrons. The van der Waals surface area contributed by atoms with Crippen LogP contribution in [0.5, 0.6) is 0 Å². The second-order valence-electron chi connectivity index (χ2n) is 16.8. The van der Waals surface area contributed by atoms with E-state index in [2.05, 4.69) is 75.7 Å². The van der Waals surface area contributed by atoms with Crippen molar-refractivity contribution < 1.29 is 9.59 Å². The SMILES string of the molecule is C=C1CCC(n2c(=O)n(C)c3c(C4CCN(CCCN(C)Sc5ccc(Nc6ncc7c(n6)N(C6CCCC6C)C(=O)C76CC6)cc5)CC4)cccc32)C(=O)N1. The van der Waals surface area contributed by atoms with Crippen LogP contribution in [0.15, 0.2) is 70.6 Å². The average Bonchev–Trinajstić information content (AvgIpc) is 3.76. The van der Waals surface area contributed by atoms with Gasteiger partial charge in [0.1, 0.15) is 11.9 Å². The molecule has 294 valence electrons. The number of carbonyl (C=O) groups excluding carboxylic acids is 2. The van der Waals surface area contributed by atoms with Gasteiger partial charge in [0.2, 0.25) is 17.8 Å². The highest BCUT2D eigenvalue weighted by Gasteiger charge is 2.62. The van der Waals surface area contributed by atoms with E-state index in [0.29, 0.717) is 36.3 Å². The monoisotopic (exact) mass is 775 g/mol. The minimum absolute atomic E-state index is 0.136. The fraction of sp³-hybridized carbons (Fsp3) is 0.512. The summed E-state index contributed by atoms with van der Waals surface area (Å²) in [6, 6.07) is 14.3. The predicted octanol–water partition coefficient (Wildman–Crippen LogP) is 6.61. The van der Waals surface area contributed by atoms with Crippen molar-refractivity contribution in [2.75, 3.05) is 43.4 Å². The first-order valence-corrected chi connectivity index (χ1v) is 21.3. The van der Waals surface area contributed by atoms with Crippen molar-refractivity contribution in [1.82, 2.24) is 33.6 Å². The molecule has 9 rings (SSSR count). The zero-order valence-electron chi connectivity index (χ0n) is 32.8. The van der Waals surface area contributed by atoms with Crippen molar-refractivity contribution in [3.8, 4) is 0 Å². The second kappa shape index (κ2) is 14.8. The van der Waals surface area contributed by atoms with Crippen molar-refractivity contribution >= 4 is 52.2 Å². The lowest BCUT2D eigenvalue weighted by Crippen LogP contribution is -2.42. The molecule has 56 heavy (non-hydrogen) atoms. The van der Waals surface area contributed by atoms with E-state index in [4.69, 9.17) is 4.98 Å². The number of fused-ring (bicyclic) bond motifs is 3. The number of nitrogens with zero attached hydrogens (tertiary/aromatic N) is 7. The summed E-state index contributed by atoms with van der Waals surface area (Å²) in [6.45, 7) is 10.2. The van der Waals surface area contributed by atoms with E-state index < -0.39 is 6.04 Å². The number of piperidine rings is 2. The smallest absolute Gasteiger partial charge is 0.329 e. The van der Waals surface area contributed by atoms with Crippen molar-refractivity contribution in [3.63, 3.8) is 0 Å². The van der Waals surface area contributed by atoms with Gasteiger partial charge in [0.05, 0.1) is 16.4 Å². The van der Waals surface area contributed by atoms with Gasteiger partial charge in [-0.2, -0.15) is 4.98 Å². The van der Waals surface area contributed by atoms with Gasteiger partial charge in [-0.15, -0.1) is 0 Å². The van der Waals surface area contributed by atoms with Crippen LogP contribution in [0, 0.1) is 5.92 Å². The number of imidazole rings is 1. The molecule has 2 N–H and O–H groups in total. The molecular formula is C43H53N9O3S. The molecule has 4 fully saturated rings. The molecule has 2 saturated heterocycles. The van der Waals surface area contributed by atoms with Gasteiger partial charge in [0, 0.05) is 47.7 Å². The molecule has 2 aromatic carbocycles. The van der Waals surface area contributed by atoms with E-state index in [-0.39, 0.29) is 29.0 Å².